The third-order valence-electron chi connectivity index (χ3n) is 15.9. The van der Waals surface area contributed by atoms with Crippen LogP contribution in [0.4, 0.5) is 0 Å². The van der Waals surface area contributed by atoms with Crippen LogP contribution < -0.4 is 56.5 Å². The molecule has 2 amide bonds. The normalized spacial score (nSPS) is 27.0. The number of allylic oxidation sites excluding steroid dienone is 1. The molecule has 0 aromatic heterocycles. The molecule has 0 bridgehead atoms. The van der Waals surface area contributed by atoms with Gasteiger partial charge in [0.25, 0.3) is 0 Å². The van der Waals surface area contributed by atoms with Gasteiger partial charge in [-0.25, -0.2) is 14.8 Å². The Morgan fingerprint density at radius 3 is 1.90 bits per heavy atom. The molecule has 0 saturated heterocycles. The number of ether oxygens (including phenoxy) is 1. The van der Waals surface area contributed by atoms with E-state index in [1.54, 1.807) is 0 Å². The van der Waals surface area contributed by atoms with Gasteiger partial charge in [0, 0.05) is 26.1 Å². The molecule has 0 aliphatic heterocycles. The highest BCUT2D eigenvalue weighted by Gasteiger charge is 2.59. The zero-order valence-electron chi connectivity index (χ0n) is 41.7. The highest BCUT2D eigenvalue weighted by atomic mass is 16.5. The van der Waals surface area contributed by atoms with Gasteiger partial charge in [0.05, 0.1) is 0 Å². The molecule has 380 valence electrons. The van der Waals surface area contributed by atoms with Gasteiger partial charge in [0.15, 0.2) is 23.8 Å². The van der Waals surface area contributed by atoms with E-state index in [0.29, 0.717) is 94.7 Å². The number of carbonyl (C=O) groups excluding carboxylic acids is 3. The minimum Gasteiger partial charge on any atom is -0.461 e. The summed E-state index contributed by atoms with van der Waals surface area (Å²) in [4.78, 5) is 57.5. The zero-order valence-corrected chi connectivity index (χ0v) is 41.7. The van der Waals surface area contributed by atoms with Crippen LogP contribution in [0.25, 0.3) is 0 Å². The number of esters is 1. The summed E-state index contributed by atoms with van der Waals surface area (Å²) in [7, 11) is 0. The van der Waals surface area contributed by atoms with Crippen molar-refractivity contribution in [1.29, 1.82) is 0 Å². The number of nitrogens with two attached hydrogens (primary N) is 8. The summed E-state index contributed by atoms with van der Waals surface area (Å²) in [5.74, 6) is 2.76. The molecule has 0 spiro atoms. The lowest BCUT2D eigenvalue weighted by molar-refractivity contribution is -0.155. The molecule has 18 N–H and O–H groups in total. The Bertz CT molecular complexity index is 1770. The third-order valence-corrected chi connectivity index (χ3v) is 15.9. The van der Waals surface area contributed by atoms with Gasteiger partial charge in [-0.3, -0.25) is 19.6 Å². The fraction of sp³-hybridized carbons (Fsp3) is 0.816. The average Bonchev–Trinajstić information content (AvgIpc) is 3.61. The first-order valence-electron chi connectivity index (χ1n) is 25.5. The SMILES string of the molecule is CC(C)CCCC(C)C1CCC2C3CC=C4CC(OC(=O)C(CCCCNC(=O)C(CCCCN=C(N)N)N=C(N)N)NC(=O)[C@@H](CCCCN=C(N)N)N=C(N)N)CCC4(C)C3CCC12C. The molecule has 0 radical (unpaired) electrons. The average molecular weight is 939 g/mol. The first-order chi connectivity index (χ1) is 31.7. The lowest BCUT2D eigenvalue weighted by atomic mass is 9.47. The van der Waals surface area contributed by atoms with Gasteiger partial charge in [-0.15, -0.1) is 0 Å². The van der Waals surface area contributed by atoms with E-state index < -0.39 is 30.0 Å². The highest BCUT2D eigenvalue weighted by molar-refractivity contribution is 5.90. The minimum atomic E-state index is -0.960. The molecule has 4 aliphatic carbocycles. The second kappa shape index (κ2) is 26.1. The second-order valence-electron chi connectivity index (χ2n) is 21.2. The molecular formula is C49H90N14O4. The quantitative estimate of drug-likeness (QED) is 0.0184. The van der Waals surface area contributed by atoms with E-state index in [1.807, 2.05) is 0 Å². The van der Waals surface area contributed by atoms with E-state index >= 15 is 0 Å². The Hall–Kier alpha value is -4.77. The maximum atomic E-state index is 14.2. The van der Waals surface area contributed by atoms with Crippen LogP contribution in [0.2, 0.25) is 0 Å². The van der Waals surface area contributed by atoms with Gasteiger partial charge in [0.1, 0.15) is 24.2 Å². The highest BCUT2D eigenvalue weighted by Crippen LogP contribution is 2.67. The van der Waals surface area contributed by atoms with E-state index in [1.165, 1.54) is 50.5 Å². The van der Waals surface area contributed by atoms with Crippen LogP contribution >= 0.6 is 0 Å². The Labute approximate surface area is 401 Å². The summed E-state index contributed by atoms with van der Waals surface area (Å²) in [5, 5.41) is 5.85. The Kier molecular flexibility index (Phi) is 21.4. The smallest absolute Gasteiger partial charge is 0.328 e. The van der Waals surface area contributed by atoms with Gasteiger partial charge in [-0.1, -0.05) is 65.5 Å². The number of nitrogens with one attached hydrogen (secondary N) is 2. The topological polar surface area (TPSA) is 342 Å². The van der Waals surface area contributed by atoms with Crippen molar-refractivity contribution in [3.8, 4) is 0 Å². The number of hydrogen-bond donors (Lipinski definition) is 10. The van der Waals surface area contributed by atoms with E-state index in [4.69, 9.17) is 50.6 Å². The molecule has 10 unspecified atom stereocenters. The predicted octanol–water partition coefficient (Wildman–Crippen LogP) is 3.88. The number of rotatable bonds is 27. The maximum Gasteiger partial charge on any atom is 0.328 e. The Balaban J connectivity index is 1.41. The van der Waals surface area contributed by atoms with Crippen molar-refractivity contribution in [1.82, 2.24) is 10.6 Å². The van der Waals surface area contributed by atoms with Gasteiger partial charge in [-0.05, 0) is 149 Å². The van der Waals surface area contributed by atoms with Crippen LogP contribution in [0.1, 0.15) is 163 Å². The summed E-state index contributed by atoms with van der Waals surface area (Å²) in [5.41, 5.74) is 46.5. The molecule has 67 heavy (non-hydrogen) atoms. The summed E-state index contributed by atoms with van der Waals surface area (Å²) in [6, 6.07) is -2.66. The molecule has 18 heteroatoms. The van der Waals surface area contributed by atoms with Crippen molar-refractivity contribution in [3.05, 3.63) is 11.6 Å². The van der Waals surface area contributed by atoms with Crippen LogP contribution in [-0.2, 0) is 19.1 Å². The van der Waals surface area contributed by atoms with Crippen molar-refractivity contribution in [2.45, 2.75) is 187 Å². The van der Waals surface area contributed by atoms with Crippen molar-refractivity contribution < 1.29 is 19.1 Å². The number of amides is 2. The molecule has 4 aliphatic rings. The fourth-order valence-electron chi connectivity index (χ4n) is 12.5. The fourth-order valence-corrected chi connectivity index (χ4v) is 12.5. The molecule has 0 aromatic rings. The number of aliphatic imine (C=N–C) groups is 4. The molecule has 4 rings (SSSR count). The van der Waals surface area contributed by atoms with Crippen LogP contribution in [0.15, 0.2) is 31.6 Å². The predicted molar refractivity (Wildman–Crippen MR) is 270 cm³/mol. The van der Waals surface area contributed by atoms with Gasteiger partial charge in [-0.2, -0.15) is 0 Å². The molecule has 0 aromatic carbocycles. The number of fused-ring (bicyclic) bond motifs is 5. The number of unbranched alkanes of at least 4 members (excludes halogenated alkanes) is 3. The Morgan fingerprint density at radius 1 is 0.687 bits per heavy atom. The largest absolute Gasteiger partial charge is 0.461 e. The molecule has 3 fully saturated rings. The molecule has 18 nitrogen and oxygen atoms in total. The summed E-state index contributed by atoms with van der Waals surface area (Å²) >= 11 is 0. The maximum absolute atomic E-state index is 14.2. The lowest BCUT2D eigenvalue weighted by Crippen LogP contribution is -2.51. The van der Waals surface area contributed by atoms with Crippen molar-refractivity contribution in [3.63, 3.8) is 0 Å². The third kappa shape index (κ3) is 16.2. The number of carbonyl (C=O) groups is 3. The monoisotopic (exact) mass is 939 g/mol. The lowest BCUT2D eigenvalue weighted by Gasteiger charge is -2.58. The van der Waals surface area contributed by atoms with Crippen LogP contribution in [0.5, 0.6) is 0 Å². The number of hydrogen-bond acceptors (Lipinski definition) is 8. The number of nitrogens with zero attached hydrogens (tertiary/aromatic N) is 4. The molecule has 3 saturated carbocycles. The van der Waals surface area contributed by atoms with Crippen LogP contribution in [-0.4, -0.2) is 85.5 Å². The summed E-state index contributed by atoms with van der Waals surface area (Å²) < 4.78 is 6.34. The second-order valence-corrected chi connectivity index (χ2v) is 21.2. The van der Waals surface area contributed by atoms with Gasteiger partial charge in [0.2, 0.25) is 11.8 Å². The first-order valence-corrected chi connectivity index (χ1v) is 25.5. The first kappa shape index (κ1) is 54.8. The van der Waals surface area contributed by atoms with E-state index in [2.05, 4.69) is 71.3 Å². The zero-order chi connectivity index (χ0) is 49.3. The summed E-state index contributed by atoms with van der Waals surface area (Å²) in [6.07, 6.45) is 19.5. The van der Waals surface area contributed by atoms with Gasteiger partial charge >= 0.3 is 5.97 Å². The van der Waals surface area contributed by atoms with Gasteiger partial charge < -0.3 is 61.2 Å². The van der Waals surface area contributed by atoms with E-state index in [0.717, 1.165) is 42.9 Å². The van der Waals surface area contributed by atoms with E-state index in [-0.39, 0.29) is 47.7 Å². The van der Waals surface area contributed by atoms with Crippen molar-refractivity contribution in [2.24, 2.45) is 112 Å². The molecule has 11 atom stereocenters. The van der Waals surface area contributed by atoms with E-state index in [9.17, 15) is 14.4 Å². The van der Waals surface area contributed by atoms with Crippen LogP contribution in [0.3, 0.4) is 0 Å². The summed E-state index contributed by atoms with van der Waals surface area (Å²) in [6.45, 7) is 13.4. The minimum absolute atomic E-state index is 0.00728. The standard InChI is InChI=1S/C49H90N14O4/c1-30(2)13-12-14-31(3)35-20-21-36-34-19-18-32-29-33(22-24-48(32,4)37(34)23-25-49(35,36)5)67-43(66)40(61-42(65)39(63-47(56)57)16-7-11-28-60-45(52)53)17-8-9-26-58-41(64)38(62-46(54)55)15-6-10-27-59-44(50)51/h18,30-31,33-40H,6-17,19-29H2,1-5H3,(H,58,64)(H,61,65)(H4,50,51,59)(H4,52,53,60)(H4,54,55,62)(H4,56,57,63)/t31?,33?,34?,35?,36?,37?,38?,39-,40?,48?,49?/m1/s1. The van der Waals surface area contributed by atoms with Crippen molar-refractivity contribution >= 4 is 41.6 Å². The van der Waals surface area contributed by atoms with Crippen LogP contribution in [0, 0.1) is 46.3 Å². The molecular weight excluding hydrogens is 849 g/mol. The molecule has 0 heterocycles. The van der Waals surface area contributed by atoms with Crippen molar-refractivity contribution in [2.75, 3.05) is 19.6 Å². The number of guanidine groups is 4. The Morgan fingerprint density at radius 2 is 1.30 bits per heavy atom.